The minimum absolute atomic E-state index is 0.0905. The normalized spacial score (nSPS) is 10.4. The number of carbonyl (C=O) groups is 2. The van der Waals surface area contributed by atoms with E-state index in [1.165, 1.54) is 13.4 Å². The van der Waals surface area contributed by atoms with E-state index in [4.69, 9.17) is 10.5 Å². The number of hydrazine groups is 1. The number of carbonyl (C=O) groups excluding carboxylic acids is 2. The number of nitrogens with two attached hydrogens (primary N) is 1. The van der Waals surface area contributed by atoms with E-state index in [9.17, 15) is 9.59 Å². The molecule has 4 rings (SSSR count). The van der Waals surface area contributed by atoms with Gasteiger partial charge in [-0.1, -0.05) is 36.4 Å². The Balaban J connectivity index is 1.48. The topological polar surface area (TPSA) is 128 Å². The zero-order valence-corrected chi connectivity index (χ0v) is 17.0. The van der Waals surface area contributed by atoms with Gasteiger partial charge in [-0.25, -0.2) is 9.78 Å². The molecular formula is C23H19N5O4. The summed E-state index contributed by atoms with van der Waals surface area (Å²) >= 11 is 0. The number of nitrogens with zero attached hydrogens (tertiary/aromatic N) is 2. The van der Waals surface area contributed by atoms with E-state index in [0.29, 0.717) is 16.9 Å². The number of amides is 1. The summed E-state index contributed by atoms with van der Waals surface area (Å²) in [6.45, 7) is 0. The van der Waals surface area contributed by atoms with Gasteiger partial charge in [0, 0.05) is 5.56 Å². The van der Waals surface area contributed by atoms with E-state index in [-0.39, 0.29) is 23.3 Å². The Labute approximate surface area is 183 Å². The number of esters is 1. The molecule has 4 N–H and O–H groups in total. The minimum Gasteiger partial charge on any atom is -0.465 e. The average Bonchev–Trinajstić information content (AvgIpc) is 2.84. The monoisotopic (exact) mass is 429 g/mol. The van der Waals surface area contributed by atoms with Crippen molar-refractivity contribution in [1.82, 2.24) is 15.4 Å². The molecule has 9 nitrogen and oxygen atoms in total. The molecule has 0 saturated heterocycles. The highest BCUT2D eigenvalue weighted by Gasteiger charge is 2.14. The lowest BCUT2D eigenvalue weighted by Crippen LogP contribution is -2.30. The van der Waals surface area contributed by atoms with Crippen molar-refractivity contribution in [2.45, 2.75) is 0 Å². The molecule has 4 aromatic rings. The van der Waals surface area contributed by atoms with Crippen molar-refractivity contribution >= 4 is 34.2 Å². The third kappa shape index (κ3) is 4.26. The highest BCUT2D eigenvalue weighted by Crippen LogP contribution is 2.29. The van der Waals surface area contributed by atoms with Crippen molar-refractivity contribution in [3.8, 4) is 11.6 Å². The zero-order chi connectivity index (χ0) is 22.5. The molecule has 0 unspecified atom stereocenters. The fourth-order valence-corrected chi connectivity index (χ4v) is 3.06. The van der Waals surface area contributed by atoms with E-state index in [0.717, 1.165) is 10.8 Å². The van der Waals surface area contributed by atoms with E-state index >= 15 is 0 Å². The number of rotatable bonds is 6. The number of ether oxygens (including phenoxy) is 2. The first-order valence-corrected chi connectivity index (χ1v) is 9.57. The van der Waals surface area contributed by atoms with E-state index in [2.05, 4.69) is 25.6 Å². The van der Waals surface area contributed by atoms with Crippen LogP contribution >= 0.6 is 0 Å². The predicted octanol–water partition coefficient (Wildman–Crippen LogP) is 3.55. The van der Waals surface area contributed by atoms with Crippen molar-refractivity contribution < 1.29 is 19.1 Å². The third-order valence-electron chi connectivity index (χ3n) is 4.67. The fraction of sp³-hybridized carbons (Fsp3) is 0.0435. The summed E-state index contributed by atoms with van der Waals surface area (Å²) in [5, 5.41) is 1.78. The molecule has 0 aliphatic heterocycles. The number of benzene rings is 3. The Morgan fingerprint density at radius 2 is 1.69 bits per heavy atom. The smallest absolute Gasteiger partial charge is 0.337 e. The van der Waals surface area contributed by atoms with Crippen LogP contribution in [-0.4, -0.2) is 29.0 Å². The second-order valence-corrected chi connectivity index (χ2v) is 6.66. The summed E-state index contributed by atoms with van der Waals surface area (Å²) in [6.07, 6.45) is 1.25. The van der Waals surface area contributed by atoms with Crippen LogP contribution in [0.15, 0.2) is 73.1 Å². The predicted molar refractivity (Wildman–Crippen MR) is 119 cm³/mol. The first kappa shape index (κ1) is 20.6. The van der Waals surface area contributed by atoms with Gasteiger partial charge in [-0.15, -0.1) is 0 Å². The van der Waals surface area contributed by atoms with E-state index < -0.39 is 5.97 Å². The summed E-state index contributed by atoms with van der Waals surface area (Å²) in [4.78, 5) is 32.3. The molecule has 0 spiro atoms. The second kappa shape index (κ2) is 9.00. The first-order valence-electron chi connectivity index (χ1n) is 9.57. The second-order valence-electron chi connectivity index (χ2n) is 6.66. The molecular weight excluding hydrogens is 410 g/mol. The SMILES string of the molecule is COC(=O)c1ccc(Oc2ncnc(NNC(=O)c3cccc4ccccc34)c2N)cc1. The molecule has 1 heterocycles. The molecule has 1 amide bonds. The van der Waals surface area contributed by atoms with Crippen LogP contribution in [0.3, 0.4) is 0 Å². The molecule has 3 aromatic carbocycles. The Kier molecular flexibility index (Phi) is 5.80. The fourth-order valence-electron chi connectivity index (χ4n) is 3.06. The van der Waals surface area contributed by atoms with Crippen molar-refractivity contribution in [1.29, 1.82) is 0 Å². The van der Waals surface area contributed by atoms with Crippen molar-refractivity contribution in [3.05, 3.63) is 84.2 Å². The molecule has 160 valence electrons. The van der Waals surface area contributed by atoms with Gasteiger partial charge in [0.25, 0.3) is 5.91 Å². The van der Waals surface area contributed by atoms with Gasteiger partial charge in [0.05, 0.1) is 12.7 Å². The third-order valence-corrected chi connectivity index (χ3v) is 4.67. The van der Waals surface area contributed by atoms with Crippen LogP contribution < -0.4 is 21.3 Å². The number of fused-ring (bicyclic) bond motifs is 1. The van der Waals surface area contributed by atoms with Crippen LogP contribution in [0.2, 0.25) is 0 Å². The first-order chi connectivity index (χ1) is 15.6. The lowest BCUT2D eigenvalue weighted by atomic mass is 10.0. The minimum atomic E-state index is -0.452. The van der Waals surface area contributed by atoms with Gasteiger partial charge < -0.3 is 15.2 Å². The number of methoxy groups -OCH3 is 1. The number of nitrogens with one attached hydrogen (secondary N) is 2. The van der Waals surface area contributed by atoms with Crippen LogP contribution in [0.5, 0.6) is 11.6 Å². The lowest BCUT2D eigenvalue weighted by Gasteiger charge is -2.13. The largest absolute Gasteiger partial charge is 0.465 e. The van der Waals surface area contributed by atoms with Crippen molar-refractivity contribution in [2.75, 3.05) is 18.3 Å². The molecule has 32 heavy (non-hydrogen) atoms. The summed E-state index contributed by atoms with van der Waals surface area (Å²) in [5.41, 5.74) is 12.4. The number of hydrogen-bond acceptors (Lipinski definition) is 8. The van der Waals surface area contributed by atoms with Crippen LogP contribution in [0.4, 0.5) is 11.5 Å². The van der Waals surface area contributed by atoms with Crippen LogP contribution in [0, 0.1) is 0 Å². The highest BCUT2D eigenvalue weighted by molar-refractivity contribution is 6.07. The van der Waals surface area contributed by atoms with Gasteiger partial charge in [0.15, 0.2) is 5.82 Å². The van der Waals surface area contributed by atoms with Crippen molar-refractivity contribution in [2.24, 2.45) is 0 Å². The van der Waals surface area contributed by atoms with Gasteiger partial charge in [0.2, 0.25) is 5.88 Å². The molecule has 0 saturated carbocycles. The summed E-state index contributed by atoms with van der Waals surface area (Å²) in [6, 6.07) is 19.4. The van der Waals surface area contributed by atoms with Gasteiger partial charge >= 0.3 is 5.97 Å². The maximum absolute atomic E-state index is 12.7. The summed E-state index contributed by atoms with van der Waals surface area (Å²) in [5.74, 6) is -0.122. The zero-order valence-electron chi connectivity index (χ0n) is 17.0. The Bertz CT molecular complexity index is 1290. The molecule has 0 fully saturated rings. The summed E-state index contributed by atoms with van der Waals surface area (Å²) in [7, 11) is 1.31. The Hall–Kier alpha value is -4.66. The maximum Gasteiger partial charge on any atom is 0.337 e. The molecule has 0 atom stereocenters. The lowest BCUT2D eigenvalue weighted by molar-refractivity contribution is 0.0600. The molecule has 0 aliphatic rings. The molecule has 0 radical (unpaired) electrons. The van der Waals surface area contributed by atoms with Gasteiger partial charge in [-0.2, -0.15) is 4.98 Å². The van der Waals surface area contributed by atoms with Crippen LogP contribution in [-0.2, 0) is 4.74 Å². The van der Waals surface area contributed by atoms with Gasteiger partial charge in [0.1, 0.15) is 17.8 Å². The molecule has 0 aliphatic carbocycles. The number of hydrogen-bond donors (Lipinski definition) is 3. The average molecular weight is 429 g/mol. The Morgan fingerprint density at radius 1 is 0.938 bits per heavy atom. The van der Waals surface area contributed by atoms with Gasteiger partial charge in [-0.3, -0.25) is 15.6 Å². The molecule has 9 heteroatoms. The standard InChI is InChI=1S/C23H19N5O4/c1-31-23(30)15-9-11-16(12-10-15)32-22-19(24)20(25-13-26-22)27-28-21(29)18-8-4-6-14-5-2-3-7-17(14)18/h2-13H,24H2,1H3,(H,28,29)(H,25,26,27). The van der Waals surface area contributed by atoms with Crippen molar-refractivity contribution in [3.63, 3.8) is 0 Å². The number of nitrogen functional groups attached to an aromatic ring is 1. The number of anilines is 2. The van der Waals surface area contributed by atoms with Crippen LogP contribution in [0.1, 0.15) is 20.7 Å². The van der Waals surface area contributed by atoms with Crippen LogP contribution in [0.25, 0.3) is 10.8 Å². The Morgan fingerprint density at radius 3 is 2.47 bits per heavy atom. The van der Waals surface area contributed by atoms with Gasteiger partial charge in [-0.05, 0) is 41.1 Å². The molecule has 0 bridgehead atoms. The van der Waals surface area contributed by atoms with E-state index in [1.54, 1.807) is 30.3 Å². The number of aromatic nitrogens is 2. The molecule has 1 aromatic heterocycles. The highest BCUT2D eigenvalue weighted by atomic mass is 16.5. The maximum atomic E-state index is 12.7. The van der Waals surface area contributed by atoms with E-state index in [1.807, 2.05) is 36.4 Å². The quantitative estimate of drug-likeness (QED) is 0.314. The summed E-state index contributed by atoms with van der Waals surface area (Å²) < 4.78 is 10.4.